The average molecular weight is 187 g/mol. The number of rotatable bonds is 2. The Morgan fingerprint density at radius 1 is 1.46 bits per heavy atom. The predicted octanol–water partition coefficient (Wildman–Crippen LogP) is 0.00620. The van der Waals surface area contributed by atoms with E-state index in [0.29, 0.717) is 26.3 Å². The van der Waals surface area contributed by atoms with Crippen molar-refractivity contribution in [1.82, 2.24) is 4.90 Å². The van der Waals surface area contributed by atoms with E-state index in [9.17, 15) is 9.90 Å². The molecule has 1 fully saturated rings. The molecule has 0 aromatic carbocycles. The van der Waals surface area contributed by atoms with Crippen LogP contribution in [0.5, 0.6) is 0 Å². The van der Waals surface area contributed by atoms with Crippen LogP contribution in [0.4, 0.5) is 0 Å². The Bertz CT molecular complexity index is 180. The Morgan fingerprint density at radius 3 is 2.46 bits per heavy atom. The molecule has 0 aliphatic carbocycles. The number of hydrogen-bond acceptors (Lipinski definition) is 3. The van der Waals surface area contributed by atoms with E-state index in [2.05, 4.69) is 0 Å². The Hall–Kier alpha value is -0.610. The van der Waals surface area contributed by atoms with Crippen LogP contribution in [0.3, 0.4) is 0 Å². The quantitative estimate of drug-likeness (QED) is 0.662. The number of morpholine rings is 1. The maximum absolute atomic E-state index is 11.5. The second-order valence-electron chi connectivity index (χ2n) is 3.98. The van der Waals surface area contributed by atoms with Gasteiger partial charge in [-0.25, -0.2) is 0 Å². The van der Waals surface area contributed by atoms with Crippen LogP contribution >= 0.6 is 0 Å². The van der Waals surface area contributed by atoms with Gasteiger partial charge in [0.05, 0.1) is 25.2 Å². The molecule has 1 aliphatic rings. The van der Waals surface area contributed by atoms with Crippen molar-refractivity contribution < 1.29 is 14.6 Å². The summed E-state index contributed by atoms with van der Waals surface area (Å²) in [6.45, 7) is 5.80. The summed E-state index contributed by atoms with van der Waals surface area (Å²) in [7, 11) is 0. The minimum absolute atomic E-state index is 0.0100. The minimum Gasteiger partial charge on any atom is -0.390 e. The van der Waals surface area contributed by atoms with E-state index < -0.39 is 5.60 Å². The Morgan fingerprint density at radius 2 is 2.00 bits per heavy atom. The van der Waals surface area contributed by atoms with E-state index >= 15 is 0 Å². The normalized spacial score (nSPS) is 18.8. The molecule has 0 unspecified atom stereocenters. The summed E-state index contributed by atoms with van der Waals surface area (Å²) in [4.78, 5) is 13.3. The molecule has 1 rings (SSSR count). The summed E-state index contributed by atoms with van der Waals surface area (Å²) in [5, 5.41) is 9.44. The van der Waals surface area contributed by atoms with Gasteiger partial charge in [0, 0.05) is 13.1 Å². The second-order valence-corrected chi connectivity index (χ2v) is 3.98. The highest BCUT2D eigenvalue weighted by Crippen LogP contribution is 2.10. The molecule has 13 heavy (non-hydrogen) atoms. The third-order valence-electron chi connectivity index (χ3n) is 1.95. The van der Waals surface area contributed by atoms with E-state index in [1.54, 1.807) is 18.7 Å². The van der Waals surface area contributed by atoms with Crippen LogP contribution in [0, 0.1) is 0 Å². The molecule has 0 saturated carbocycles. The fourth-order valence-electron chi connectivity index (χ4n) is 1.29. The van der Waals surface area contributed by atoms with Crippen molar-refractivity contribution in [3.63, 3.8) is 0 Å². The predicted molar refractivity (Wildman–Crippen MR) is 48.3 cm³/mol. The maximum Gasteiger partial charge on any atom is 0.225 e. The van der Waals surface area contributed by atoms with Crippen molar-refractivity contribution in [3.05, 3.63) is 0 Å². The zero-order chi connectivity index (χ0) is 9.90. The van der Waals surface area contributed by atoms with Crippen LogP contribution in [0.1, 0.15) is 20.3 Å². The standard InChI is InChI=1S/C9H17NO3/c1-9(2,12)7-8(11)10-3-5-13-6-4-10/h12H,3-7H2,1-2H3. The highest BCUT2D eigenvalue weighted by molar-refractivity contribution is 5.77. The molecule has 0 radical (unpaired) electrons. The average Bonchev–Trinajstić information content (AvgIpc) is 2.03. The number of nitrogens with zero attached hydrogens (tertiary/aromatic N) is 1. The first-order valence-electron chi connectivity index (χ1n) is 4.57. The summed E-state index contributed by atoms with van der Waals surface area (Å²) < 4.78 is 5.12. The summed E-state index contributed by atoms with van der Waals surface area (Å²) in [5.41, 5.74) is -0.907. The molecule has 1 aliphatic heterocycles. The molecule has 1 heterocycles. The number of carbonyl (C=O) groups is 1. The van der Waals surface area contributed by atoms with Crippen molar-refractivity contribution in [1.29, 1.82) is 0 Å². The lowest BCUT2D eigenvalue weighted by molar-refractivity contribution is -0.139. The van der Waals surface area contributed by atoms with Gasteiger partial charge in [-0.3, -0.25) is 4.79 Å². The largest absolute Gasteiger partial charge is 0.390 e. The van der Waals surface area contributed by atoms with E-state index in [-0.39, 0.29) is 12.3 Å². The number of hydrogen-bond donors (Lipinski definition) is 1. The van der Waals surface area contributed by atoms with E-state index in [1.165, 1.54) is 0 Å². The van der Waals surface area contributed by atoms with E-state index in [1.807, 2.05) is 0 Å². The van der Waals surface area contributed by atoms with Crippen molar-refractivity contribution >= 4 is 5.91 Å². The molecule has 0 aromatic heterocycles. The monoisotopic (exact) mass is 187 g/mol. The zero-order valence-electron chi connectivity index (χ0n) is 8.25. The van der Waals surface area contributed by atoms with E-state index in [4.69, 9.17) is 4.74 Å². The number of aliphatic hydroxyl groups is 1. The summed E-state index contributed by atoms with van der Waals surface area (Å²) >= 11 is 0. The highest BCUT2D eigenvalue weighted by Gasteiger charge is 2.23. The minimum atomic E-state index is -0.907. The third-order valence-corrected chi connectivity index (χ3v) is 1.95. The second kappa shape index (κ2) is 4.07. The van der Waals surface area contributed by atoms with Gasteiger partial charge in [-0.15, -0.1) is 0 Å². The maximum atomic E-state index is 11.5. The van der Waals surface area contributed by atoms with Crippen molar-refractivity contribution in [3.8, 4) is 0 Å². The molecule has 4 nitrogen and oxygen atoms in total. The van der Waals surface area contributed by atoms with Gasteiger partial charge in [0.1, 0.15) is 0 Å². The fraction of sp³-hybridized carbons (Fsp3) is 0.889. The summed E-state index contributed by atoms with van der Waals surface area (Å²) in [6, 6.07) is 0. The van der Waals surface area contributed by atoms with Crippen LogP contribution in [0.2, 0.25) is 0 Å². The zero-order valence-corrected chi connectivity index (χ0v) is 8.25. The molecule has 4 heteroatoms. The first-order valence-corrected chi connectivity index (χ1v) is 4.57. The Kier molecular flexibility index (Phi) is 3.27. The van der Waals surface area contributed by atoms with Crippen molar-refractivity contribution in [2.24, 2.45) is 0 Å². The molecule has 1 saturated heterocycles. The lowest BCUT2D eigenvalue weighted by Gasteiger charge is -2.29. The SMILES string of the molecule is CC(C)(O)CC(=O)N1CCOCC1. The van der Waals surface area contributed by atoms with Gasteiger partial charge in [-0.05, 0) is 13.8 Å². The third kappa shape index (κ3) is 3.74. The van der Waals surface area contributed by atoms with Crippen molar-refractivity contribution in [2.75, 3.05) is 26.3 Å². The van der Waals surface area contributed by atoms with E-state index in [0.717, 1.165) is 0 Å². The van der Waals surface area contributed by atoms with Gasteiger partial charge in [-0.1, -0.05) is 0 Å². The van der Waals surface area contributed by atoms with Gasteiger partial charge in [0.25, 0.3) is 0 Å². The molecule has 1 N–H and O–H groups in total. The van der Waals surface area contributed by atoms with Gasteiger partial charge in [-0.2, -0.15) is 0 Å². The van der Waals surface area contributed by atoms with Crippen molar-refractivity contribution in [2.45, 2.75) is 25.9 Å². The lowest BCUT2D eigenvalue weighted by Crippen LogP contribution is -2.43. The number of amides is 1. The summed E-state index contributed by atoms with van der Waals surface area (Å²) in [5.74, 6) is 0.0100. The van der Waals surface area contributed by atoms with Crippen LogP contribution in [0.25, 0.3) is 0 Å². The fourth-order valence-corrected chi connectivity index (χ4v) is 1.29. The van der Waals surface area contributed by atoms with Crippen LogP contribution in [-0.4, -0.2) is 47.8 Å². The molecule has 76 valence electrons. The smallest absolute Gasteiger partial charge is 0.225 e. The topological polar surface area (TPSA) is 49.8 Å². The van der Waals surface area contributed by atoms with Crippen LogP contribution in [-0.2, 0) is 9.53 Å². The van der Waals surface area contributed by atoms with Gasteiger partial charge in [0.15, 0.2) is 0 Å². The molecular formula is C9H17NO3. The van der Waals surface area contributed by atoms with Crippen LogP contribution < -0.4 is 0 Å². The number of carbonyl (C=O) groups excluding carboxylic acids is 1. The van der Waals surface area contributed by atoms with Gasteiger partial charge >= 0.3 is 0 Å². The van der Waals surface area contributed by atoms with Crippen LogP contribution in [0.15, 0.2) is 0 Å². The highest BCUT2D eigenvalue weighted by atomic mass is 16.5. The summed E-state index contributed by atoms with van der Waals surface area (Å²) in [6.07, 6.45) is 0.187. The first-order chi connectivity index (χ1) is 5.99. The molecule has 0 atom stereocenters. The Balaban J connectivity index is 2.38. The van der Waals surface area contributed by atoms with Gasteiger partial charge < -0.3 is 14.7 Å². The molecule has 0 aromatic rings. The first kappa shape index (κ1) is 10.5. The van der Waals surface area contributed by atoms with Gasteiger partial charge in [0.2, 0.25) is 5.91 Å². The Labute approximate surface area is 78.5 Å². The molecule has 0 spiro atoms. The molecule has 0 bridgehead atoms. The molecular weight excluding hydrogens is 170 g/mol. The number of ether oxygens (including phenoxy) is 1. The molecule has 1 amide bonds. The lowest BCUT2D eigenvalue weighted by atomic mass is 10.0.